The van der Waals surface area contributed by atoms with Gasteiger partial charge in [-0.15, -0.1) is 0 Å². The summed E-state index contributed by atoms with van der Waals surface area (Å²) in [5.74, 6) is -0.510. The van der Waals surface area contributed by atoms with Crippen LogP contribution in [0.25, 0.3) is 0 Å². The van der Waals surface area contributed by atoms with Crippen molar-refractivity contribution in [2.24, 2.45) is 50.2 Å². The summed E-state index contributed by atoms with van der Waals surface area (Å²) in [4.78, 5) is 38.5. The van der Waals surface area contributed by atoms with Gasteiger partial charge in [0.25, 0.3) is 0 Å². The number of carbonyl (C=O) groups excluding carboxylic acids is 2. The molecule has 5 heteroatoms. The summed E-state index contributed by atoms with van der Waals surface area (Å²) >= 11 is 0. The van der Waals surface area contributed by atoms with Crippen LogP contribution in [0.1, 0.15) is 100 Å². The van der Waals surface area contributed by atoms with Crippen molar-refractivity contribution >= 4 is 17.7 Å². The van der Waals surface area contributed by atoms with E-state index in [9.17, 15) is 19.5 Å². The van der Waals surface area contributed by atoms with Crippen molar-refractivity contribution in [1.82, 2.24) is 0 Å². The third-order valence-corrected chi connectivity index (χ3v) is 12.8. The van der Waals surface area contributed by atoms with Crippen LogP contribution in [-0.4, -0.2) is 28.9 Å². The molecule has 0 bridgehead atoms. The molecule has 0 amide bonds. The van der Waals surface area contributed by atoms with Crippen LogP contribution in [0.5, 0.6) is 0 Å². The number of carboxylic acids is 1. The number of fused-ring (bicyclic) bond motifs is 7. The molecular formula is C32H46O5. The maximum Gasteiger partial charge on any atom is 0.309 e. The Morgan fingerprint density at radius 1 is 0.946 bits per heavy atom. The van der Waals surface area contributed by atoms with Gasteiger partial charge in [0.2, 0.25) is 0 Å². The maximum absolute atomic E-state index is 14.3. The first-order valence-electron chi connectivity index (χ1n) is 14.3. The third-order valence-electron chi connectivity index (χ3n) is 12.8. The standard InChI is InChI=1S/C32H46O5/c1-19(33)37-24-10-11-30(6)23(27(24,2)3)9-12-32(8)25(30)22(34)17-20-21-18-29(5,26(35)36)14-13-28(21,4)15-16-31(20,32)7/h15-17,21,23-25H,9-14,18H2,1-8H3,(H,35,36)/t21-,23-,24-,25+,28+,29-,30-,31+,32+/m0/s1. The van der Waals surface area contributed by atoms with Crippen molar-refractivity contribution in [3.8, 4) is 0 Å². The minimum Gasteiger partial charge on any atom is -0.481 e. The zero-order valence-corrected chi connectivity index (χ0v) is 24.1. The van der Waals surface area contributed by atoms with Crippen molar-refractivity contribution in [2.75, 3.05) is 0 Å². The number of allylic oxidation sites excluding steroid dienone is 4. The molecule has 0 aromatic heterocycles. The molecule has 0 spiro atoms. The number of ketones is 1. The molecule has 5 aliphatic carbocycles. The maximum atomic E-state index is 14.3. The van der Waals surface area contributed by atoms with Crippen molar-refractivity contribution in [2.45, 2.75) is 106 Å². The van der Waals surface area contributed by atoms with E-state index in [1.54, 1.807) is 0 Å². The molecule has 0 aromatic rings. The molecular weight excluding hydrogens is 464 g/mol. The summed E-state index contributed by atoms with van der Waals surface area (Å²) in [6.45, 7) is 17.1. The summed E-state index contributed by atoms with van der Waals surface area (Å²) in [5.41, 5.74) is -0.653. The van der Waals surface area contributed by atoms with Crippen LogP contribution < -0.4 is 0 Å². The van der Waals surface area contributed by atoms with E-state index in [2.05, 4.69) is 53.7 Å². The van der Waals surface area contributed by atoms with Gasteiger partial charge in [0, 0.05) is 23.7 Å². The Morgan fingerprint density at radius 3 is 2.24 bits per heavy atom. The van der Waals surface area contributed by atoms with E-state index in [0.29, 0.717) is 12.8 Å². The van der Waals surface area contributed by atoms with Gasteiger partial charge in [-0.1, -0.05) is 59.3 Å². The molecule has 5 aliphatic rings. The summed E-state index contributed by atoms with van der Waals surface area (Å²) in [6, 6.07) is 0. The highest BCUT2D eigenvalue weighted by molar-refractivity contribution is 5.96. The first-order valence-corrected chi connectivity index (χ1v) is 14.3. The third kappa shape index (κ3) is 3.37. The Bertz CT molecular complexity index is 1120. The van der Waals surface area contributed by atoms with Gasteiger partial charge in [-0.3, -0.25) is 14.4 Å². The van der Waals surface area contributed by atoms with Gasteiger partial charge in [0.1, 0.15) is 6.10 Å². The molecule has 0 radical (unpaired) electrons. The van der Waals surface area contributed by atoms with Crippen LogP contribution >= 0.6 is 0 Å². The zero-order valence-electron chi connectivity index (χ0n) is 24.1. The van der Waals surface area contributed by atoms with E-state index >= 15 is 0 Å². The Kier molecular flexibility index (Phi) is 5.64. The van der Waals surface area contributed by atoms with Crippen LogP contribution in [0.2, 0.25) is 0 Å². The van der Waals surface area contributed by atoms with Gasteiger partial charge >= 0.3 is 11.9 Å². The minimum atomic E-state index is -0.763. The molecule has 204 valence electrons. The Morgan fingerprint density at radius 2 is 1.62 bits per heavy atom. The summed E-state index contributed by atoms with van der Waals surface area (Å²) in [6.07, 6.45) is 12.2. The predicted octanol–water partition coefficient (Wildman–Crippen LogP) is 6.76. The van der Waals surface area contributed by atoms with Crippen LogP contribution in [0.15, 0.2) is 23.8 Å². The second kappa shape index (κ2) is 7.82. The van der Waals surface area contributed by atoms with Crippen molar-refractivity contribution < 1.29 is 24.2 Å². The Labute approximate surface area is 222 Å². The largest absolute Gasteiger partial charge is 0.481 e. The molecule has 0 saturated heterocycles. The molecule has 0 unspecified atom stereocenters. The smallest absolute Gasteiger partial charge is 0.309 e. The number of rotatable bonds is 2. The molecule has 0 heterocycles. The Hall–Kier alpha value is -1.91. The number of hydrogen-bond donors (Lipinski definition) is 1. The normalized spacial score (nSPS) is 50.1. The van der Waals surface area contributed by atoms with Crippen molar-refractivity contribution in [1.29, 1.82) is 0 Å². The van der Waals surface area contributed by atoms with E-state index in [0.717, 1.165) is 32.1 Å². The molecule has 9 atom stereocenters. The lowest BCUT2D eigenvalue weighted by Crippen LogP contribution is -2.66. The molecule has 5 nitrogen and oxygen atoms in total. The number of hydrogen-bond acceptors (Lipinski definition) is 4. The van der Waals surface area contributed by atoms with Crippen LogP contribution in [0.3, 0.4) is 0 Å². The summed E-state index contributed by atoms with van der Waals surface area (Å²) in [7, 11) is 0. The monoisotopic (exact) mass is 510 g/mol. The first-order chi connectivity index (χ1) is 16.9. The number of aliphatic carboxylic acids is 1. The van der Waals surface area contributed by atoms with Gasteiger partial charge < -0.3 is 9.84 Å². The molecule has 0 aromatic carbocycles. The van der Waals surface area contributed by atoms with Gasteiger partial charge in [-0.2, -0.15) is 0 Å². The average molecular weight is 511 g/mol. The van der Waals surface area contributed by atoms with E-state index < -0.39 is 11.4 Å². The van der Waals surface area contributed by atoms with E-state index in [1.165, 1.54) is 12.5 Å². The van der Waals surface area contributed by atoms with Crippen molar-refractivity contribution in [3.05, 3.63) is 23.8 Å². The van der Waals surface area contributed by atoms with Gasteiger partial charge in [0.15, 0.2) is 5.78 Å². The minimum absolute atomic E-state index is 0.0562. The fourth-order valence-corrected chi connectivity index (χ4v) is 10.2. The number of carboxylic acid groups (broad SMARTS) is 1. The van der Waals surface area contributed by atoms with Crippen LogP contribution in [0.4, 0.5) is 0 Å². The van der Waals surface area contributed by atoms with E-state index in [1.807, 2.05) is 13.0 Å². The Balaban J connectivity index is 1.59. The van der Waals surface area contributed by atoms with Crippen molar-refractivity contribution in [3.63, 3.8) is 0 Å². The number of ether oxygens (including phenoxy) is 1. The molecule has 5 rings (SSSR count). The molecule has 3 fully saturated rings. The summed E-state index contributed by atoms with van der Waals surface area (Å²) < 4.78 is 5.81. The van der Waals surface area contributed by atoms with Crippen LogP contribution in [-0.2, 0) is 19.1 Å². The highest BCUT2D eigenvalue weighted by atomic mass is 16.5. The van der Waals surface area contributed by atoms with E-state index in [-0.39, 0.29) is 62.7 Å². The first kappa shape index (κ1) is 26.7. The zero-order chi connectivity index (χ0) is 27.4. The number of carbonyl (C=O) groups is 3. The quantitative estimate of drug-likeness (QED) is 0.328. The lowest BCUT2D eigenvalue weighted by Gasteiger charge is -2.69. The van der Waals surface area contributed by atoms with Gasteiger partial charge in [-0.05, 0) is 86.0 Å². The summed E-state index contributed by atoms with van der Waals surface area (Å²) in [5, 5.41) is 10.1. The van der Waals surface area contributed by atoms with Crippen LogP contribution in [0, 0.1) is 50.2 Å². The fourth-order valence-electron chi connectivity index (χ4n) is 10.2. The number of esters is 1. The fraction of sp³-hybridized carbons (Fsp3) is 0.781. The highest BCUT2D eigenvalue weighted by Gasteiger charge is 2.69. The topological polar surface area (TPSA) is 80.7 Å². The highest BCUT2D eigenvalue weighted by Crippen LogP contribution is 2.73. The average Bonchev–Trinajstić information content (AvgIpc) is 2.78. The SMILES string of the molecule is CC(=O)O[C@H]1CC[C@]2(C)[C@H]3C(=O)C=C4[C@@H]5C[C@@](C)(C(=O)O)CC[C@]5(C)C=C[C@@]4(C)[C@]3(C)CC[C@H]2C1(C)C. The van der Waals surface area contributed by atoms with Gasteiger partial charge in [-0.25, -0.2) is 0 Å². The lowest BCUT2D eigenvalue weighted by atomic mass is 9.34. The molecule has 3 saturated carbocycles. The lowest BCUT2D eigenvalue weighted by molar-refractivity contribution is -0.203. The van der Waals surface area contributed by atoms with E-state index in [4.69, 9.17) is 4.74 Å². The second-order valence-electron chi connectivity index (χ2n) is 15.1. The molecule has 37 heavy (non-hydrogen) atoms. The predicted molar refractivity (Wildman–Crippen MR) is 143 cm³/mol. The molecule has 0 aliphatic heterocycles. The molecule has 1 N–H and O–H groups in total. The second-order valence-corrected chi connectivity index (χ2v) is 15.1. The van der Waals surface area contributed by atoms with Gasteiger partial charge in [0.05, 0.1) is 5.41 Å².